The molecule has 0 fully saturated rings. The minimum Gasteiger partial charge on any atom is -0.508 e. The average molecular weight is 196 g/mol. The van der Waals surface area contributed by atoms with Crippen molar-refractivity contribution in [1.29, 1.82) is 0 Å². The highest BCUT2D eigenvalue weighted by Gasteiger charge is 2.13. The molecule has 0 aliphatic carbocycles. The first-order valence-corrected chi connectivity index (χ1v) is 3.80. The van der Waals surface area contributed by atoms with Crippen molar-refractivity contribution in [2.24, 2.45) is 0 Å². The van der Waals surface area contributed by atoms with E-state index in [1.165, 1.54) is 12.1 Å². The van der Waals surface area contributed by atoms with Crippen LogP contribution in [0, 0.1) is 10.1 Å². The van der Waals surface area contributed by atoms with Crippen LogP contribution in [0.2, 0.25) is 0 Å². The van der Waals surface area contributed by atoms with Crippen LogP contribution in [0.5, 0.6) is 5.75 Å². The van der Waals surface area contributed by atoms with Crippen molar-refractivity contribution in [3.05, 3.63) is 28.3 Å². The van der Waals surface area contributed by atoms with Gasteiger partial charge in [-0.25, -0.2) is 0 Å². The van der Waals surface area contributed by atoms with Crippen LogP contribution >= 0.6 is 0 Å². The van der Waals surface area contributed by atoms with Crippen LogP contribution in [-0.2, 0) is 4.79 Å². The Balaban J connectivity index is 3.01. The number of nitro groups is 1. The molecule has 0 atom stereocenters. The number of hydrogen-bond donors (Lipinski definition) is 2. The third kappa shape index (κ3) is 2.19. The largest absolute Gasteiger partial charge is 0.508 e. The second-order valence-electron chi connectivity index (χ2n) is 2.51. The quantitative estimate of drug-likeness (QED) is 0.323. The van der Waals surface area contributed by atoms with Gasteiger partial charge in [-0.15, -0.1) is 0 Å². The molecule has 0 amide bonds. The average Bonchev–Trinajstić information content (AvgIpc) is 2.15. The van der Waals surface area contributed by atoms with E-state index >= 15 is 0 Å². The number of rotatable bonds is 4. The van der Waals surface area contributed by atoms with Crippen molar-refractivity contribution >= 4 is 17.7 Å². The van der Waals surface area contributed by atoms with Crippen LogP contribution in [0.25, 0.3) is 0 Å². The maximum Gasteiger partial charge on any atom is 0.296 e. The summed E-state index contributed by atoms with van der Waals surface area (Å²) in [7, 11) is 0. The summed E-state index contributed by atoms with van der Waals surface area (Å²) in [6, 6.07) is 3.67. The Bertz CT molecular complexity index is 364. The van der Waals surface area contributed by atoms with Crippen LogP contribution in [0.15, 0.2) is 18.2 Å². The number of benzene rings is 1. The lowest BCUT2D eigenvalue weighted by Gasteiger charge is -2.03. The Kier molecular flexibility index (Phi) is 3.01. The molecule has 1 aromatic rings. The fourth-order valence-corrected chi connectivity index (χ4v) is 0.972. The summed E-state index contributed by atoms with van der Waals surface area (Å²) in [5, 5.41) is 22.1. The van der Waals surface area contributed by atoms with Crippen molar-refractivity contribution in [3.63, 3.8) is 0 Å². The number of anilines is 1. The zero-order valence-electron chi connectivity index (χ0n) is 7.14. The molecule has 0 saturated carbocycles. The van der Waals surface area contributed by atoms with Crippen LogP contribution in [0.4, 0.5) is 11.4 Å². The molecule has 1 aromatic carbocycles. The summed E-state index contributed by atoms with van der Waals surface area (Å²) >= 11 is 0. The number of nitrogens with zero attached hydrogens (tertiary/aromatic N) is 1. The lowest BCUT2D eigenvalue weighted by molar-refractivity contribution is -0.384. The molecule has 0 unspecified atom stereocenters. The maximum atomic E-state index is 10.5. The number of aldehydes is 1. The second kappa shape index (κ2) is 4.22. The molecule has 6 heteroatoms. The molecular weight excluding hydrogens is 188 g/mol. The van der Waals surface area contributed by atoms with Gasteiger partial charge in [-0.1, -0.05) is 0 Å². The Labute approximate surface area is 79.3 Å². The molecule has 14 heavy (non-hydrogen) atoms. The van der Waals surface area contributed by atoms with Crippen LogP contribution in [-0.4, -0.2) is 22.9 Å². The Morgan fingerprint density at radius 2 is 2.29 bits per heavy atom. The van der Waals surface area contributed by atoms with Crippen molar-refractivity contribution in [2.75, 3.05) is 11.9 Å². The molecule has 0 aliphatic rings. The number of aromatic hydroxyl groups is 1. The summed E-state index contributed by atoms with van der Waals surface area (Å²) < 4.78 is 0. The third-order valence-electron chi connectivity index (χ3n) is 1.55. The number of nitrogens with one attached hydrogen (secondary N) is 1. The van der Waals surface area contributed by atoms with E-state index in [9.17, 15) is 14.9 Å². The van der Waals surface area contributed by atoms with Crippen molar-refractivity contribution in [3.8, 4) is 5.75 Å². The van der Waals surface area contributed by atoms with Crippen LogP contribution in [0.1, 0.15) is 0 Å². The van der Waals surface area contributed by atoms with E-state index in [4.69, 9.17) is 5.11 Å². The minimum atomic E-state index is -0.632. The first-order valence-electron chi connectivity index (χ1n) is 3.80. The topological polar surface area (TPSA) is 92.5 Å². The lowest BCUT2D eigenvalue weighted by Crippen LogP contribution is -2.04. The van der Waals surface area contributed by atoms with Gasteiger partial charge in [-0.3, -0.25) is 10.1 Å². The van der Waals surface area contributed by atoms with Gasteiger partial charge < -0.3 is 15.2 Å². The van der Waals surface area contributed by atoms with Crippen molar-refractivity contribution < 1.29 is 14.8 Å². The van der Waals surface area contributed by atoms with Gasteiger partial charge >= 0.3 is 0 Å². The van der Waals surface area contributed by atoms with Gasteiger partial charge in [0.2, 0.25) is 0 Å². The Hall–Kier alpha value is -2.11. The summed E-state index contributed by atoms with van der Waals surface area (Å²) in [5.41, 5.74) is -0.0493. The molecule has 0 aromatic heterocycles. The van der Waals surface area contributed by atoms with Gasteiger partial charge in [0.15, 0.2) is 0 Å². The summed E-state index contributed by atoms with van der Waals surface area (Å²) in [6.45, 7) is -0.00832. The molecule has 0 radical (unpaired) electrons. The maximum absolute atomic E-state index is 10.5. The highest BCUT2D eigenvalue weighted by Crippen LogP contribution is 2.27. The molecule has 6 nitrogen and oxygen atoms in total. The SMILES string of the molecule is O=CCNc1ccc(O)cc1[N+](=O)[O-]. The molecule has 74 valence electrons. The molecule has 1 rings (SSSR count). The number of nitro benzene ring substituents is 1. The summed E-state index contributed by atoms with van der Waals surface area (Å²) in [5.74, 6) is -0.187. The predicted octanol–water partition coefficient (Wildman–Crippen LogP) is 0.911. The van der Waals surface area contributed by atoms with Gasteiger partial charge in [0.05, 0.1) is 17.5 Å². The number of phenols is 1. The number of carbonyl (C=O) groups excluding carboxylic acids is 1. The molecule has 0 saturated heterocycles. The third-order valence-corrected chi connectivity index (χ3v) is 1.55. The van der Waals surface area contributed by atoms with Crippen LogP contribution < -0.4 is 5.32 Å². The van der Waals surface area contributed by atoms with Crippen LogP contribution in [0.3, 0.4) is 0 Å². The number of carbonyl (C=O) groups is 1. The standard InChI is InChI=1S/C8H8N2O4/c11-4-3-9-7-2-1-6(12)5-8(7)10(13)14/h1-2,4-5,9,12H,3H2. The van der Waals surface area contributed by atoms with Crippen molar-refractivity contribution in [1.82, 2.24) is 0 Å². The fraction of sp³-hybridized carbons (Fsp3) is 0.125. The second-order valence-corrected chi connectivity index (χ2v) is 2.51. The normalized spacial score (nSPS) is 9.43. The van der Waals surface area contributed by atoms with Gasteiger partial charge in [-0.2, -0.15) is 0 Å². The van der Waals surface area contributed by atoms with E-state index in [0.717, 1.165) is 6.07 Å². The van der Waals surface area contributed by atoms with Gasteiger partial charge in [0.1, 0.15) is 17.7 Å². The summed E-state index contributed by atoms with van der Waals surface area (Å²) in [6.07, 6.45) is 0.594. The molecule has 0 spiro atoms. The van der Waals surface area contributed by atoms with E-state index in [-0.39, 0.29) is 23.7 Å². The Morgan fingerprint density at radius 1 is 1.57 bits per heavy atom. The van der Waals surface area contributed by atoms with E-state index in [0.29, 0.717) is 6.29 Å². The van der Waals surface area contributed by atoms with E-state index < -0.39 is 4.92 Å². The first kappa shape index (κ1) is 9.97. The number of hydrogen-bond acceptors (Lipinski definition) is 5. The monoisotopic (exact) mass is 196 g/mol. The molecule has 2 N–H and O–H groups in total. The smallest absolute Gasteiger partial charge is 0.296 e. The zero-order chi connectivity index (χ0) is 10.6. The molecular formula is C8H8N2O4. The van der Waals surface area contributed by atoms with E-state index in [1.807, 2.05) is 0 Å². The summed E-state index contributed by atoms with van der Waals surface area (Å²) in [4.78, 5) is 19.9. The van der Waals surface area contributed by atoms with Gasteiger partial charge in [0.25, 0.3) is 5.69 Å². The zero-order valence-corrected chi connectivity index (χ0v) is 7.14. The molecule has 0 aliphatic heterocycles. The van der Waals surface area contributed by atoms with Crippen molar-refractivity contribution in [2.45, 2.75) is 0 Å². The van der Waals surface area contributed by atoms with E-state index in [2.05, 4.69) is 5.32 Å². The lowest BCUT2D eigenvalue weighted by atomic mass is 10.2. The minimum absolute atomic E-state index is 0.00832. The highest BCUT2D eigenvalue weighted by molar-refractivity contribution is 5.67. The first-order chi connectivity index (χ1) is 6.65. The van der Waals surface area contributed by atoms with E-state index in [1.54, 1.807) is 0 Å². The predicted molar refractivity (Wildman–Crippen MR) is 49.3 cm³/mol. The fourth-order valence-electron chi connectivity index (χ4n) is 0.972. The molecule has 0 heterocycles. The number of phenolic OH excluding ortho intramolecular Hbond substituents is 1. The molecule has 0 bridgehead atoms. The van der Waals surface area contributed by atoms with Gasteiger partial charge in [-0.05, 0) is 12.1 Å². The Morgan fingerprint density at radius 3 is 2.86 bits per heavy atom. The van der Waals surface area contributed by atoms with Gasteiger partial charge in [0, 0.05) is 0 Å². The highest BCUT2D eigenvalue weighted by atomic mass is 16.6.